The second-order valence-electron chi connectivity index (χ2n) is 10.1. The van der Waals surface area contributed by atoms with E-state index in [1.54, 1.807) is 47.4 Å². The lowest BCUT2D eigenvalue weighted by molar-refractivity contribution is -0.116. The maximum atomic E-state index is 14.0. The summed E-state index contributed by atoms with van der Waals surface area (Å²) in [6.45, 7) is 1.99. The van der Waals surface area contributed by atoms with E-state index in [0.717, 1.165) is 36.8 Å². The summed E-state index contributed by atoms with van der Waals surface area (Å²) in [5.41, 5.74) is 9.92. The summed E-state index contributed by atoms with van der Waals surface area (Å²) in [6, 6.07) is 18.8. The van der Waals surface area contributed by atoms with Gasteiger partial charge < -0.3 is 16.4 Å². The van der Waals surface area contributed by atoms with Crippen molar-refractivity contribution in [2.45, 2.75) is 57.2 Å². The highest BCUT2D eigenvalue weighted by Crippen LogP contribution is 2.40. The monoisotopic (exact) mass is 530 g/mol. The second-order valence-corrected chi connectivity index (χ2v) is 10.6. The summed E-state index contributed by atoms with van der Waals surface area (Å²) >= 11 is 6.07. The van der Waals surface area contributed by atoms with Crippen molar-refractivity contribution in [1.82, 2.24) is 5.32 Å². The third kappa shape index (κ3) is 5.44. The predicted molar refractivity (Wildman–Crippen MR) is 150 cm³/mol. The molecule has 0 radical (unpaired) electrons. The molecule has 0 saturated heterocycles. The Kier molecular flexibility index (Phi) is 7.49. The number of nitrogens with zero attached hydrogens (tertiary/aromatic N) is 1. The number of nitrogens with one attached hydrogen (secondary N) is 2. The third-order valence-electron chi connectivity index (χ3n) is 7.39. The number of fused-ring (bicyclic) bond motifs is 1. The number of rotatable bonds is 4. The number of halogens is 1. The van der Waals surface area contributed by atoms with Crippen molar-refractivity contribution < 1.29 is 14.4 Å². The molecule has 4 N–H and O–H groups in total. The quantitative estimate of drug-likeness (QED) is 0.421. The van der Waals surface area contributed by atoms with Gasteiger partial charge in [-0.3, -0.25) is 19.3 Å². The molecule has 0 spiro atoms. The van der Waals surface area contributed by atoms with E-state index in [1.807, 2.05) is 31.2 Å². The highest BCUT2D eigenvalue weighted by molar-refractivity contribution is 6.30. The van der Waals surface area contributed by atoms with Crippen LogP contribution in [0.3, 0.4) is 0 Å². The zero-order valence-corrected chi connectivity index (χ0v) is 22.0. The summed E-state index contributed by atoms with van der Waals surface area (Å²) in [6.07, 6.45) is 3.89. The maximum absolute atomic E-state index is 14.0. The average Bonchev–Trinajstić information content (AvgIpc) is 3.05. The molecule has 7 nitrogen and oxygen atoms in total. The van der Waals surface area contributed by atoms with E-state index in [0.29, 0.717) is 27.5 Å². The van der Waals surface area contributed by atoms with Crippen LogP contribution < -0.4 is 21.3 Å². The van der Waals surface area contributed by atoms with E-state index in [4.69, 9.17) is 17.3 Å². The molecule has 1 aliphatic heterocycles. The van der Waals surface area contributed by atoms with Gasteiger partial charge in [0.15, 0.2) is 0 Å². The first kappa shape index (κ1) is 25.9. The standard InChI is InChI=1S/C30H31ClN4O3/c1-18-6-8-19(9-7-18)27-17-28(36)33-25-16-21(29(37)34-24-5-3-2-4-23(24)32)12-15-26(25)35(27)30(38)20-10-13-22(31)14-11-20/h6-16,23-24,27H,2-5,17,32H2,1H3,(H,33,36)(H,34,37). The van der Waals surface area contributed by atoms with Crippen molar-refractivity contribution in [3.63, 3.8) is 0 Å². The molecule has 5 rings (SSSR count). The molecule has 196 valence electrons. The first-order chi connectivity index (χ1) is 18.3. The number of carbonyl (C=O) groups excluding carboxylic acids is 3. The molecule has 8 heteroatoms. The summed E-state index contributed by atoms with van der Waals surface area (Å²) in [5.74, 6) is -0.759. The molecular weight excluding hydrogens is 500 g/mol. The van der Waals surface area contributed by atoms with E-state index >= 15 is 0 Å². The zero-order valence-electron chi connectivity index (χ0n) is 21.2. The van der Waals surface area contributed by atoms with E-state index in [2.05, 4.69) is 10.6 Å². The Labute approximate surface area is 227 Å². The van der Waals surface area contributed by atoms with Gasteiger partial charge in [0.25, 0.3) is 11.8 Å². The molecule has 3 atom stereocenters. The molecule has 1 aliphatic carbocycles. The predicted octanol–water partition coefficient (Wildman–Crippen LogP) is 5.38. The smallest absolute Gasteiger partial charge is 0.258 e. The van der Waals surface area contributed by atoms with Gasteiger partial charge in [0.2, 0.25) is 5.91 Å². The number of benzene rings is 3. The Hall–Kier alpha value is -3.68. The normalized spacial score (nSPS) is 21.2. The number of anilines is 2. The van der Waals surface area contributed by atoms with Gasteiger partial charge in [-0.25, -0.2) is 0 Å². The SMILES string of the molecule is Cc1ccc(C2CC(=O)Nc3cc(C(=O)NC4CCCCC4N)ccc3N2C(=O)c2ccc(Cl)cc2)cc1. The van der Waals surface area contributed by atoms with Crippen molar-refractivity contribution >= 4 is 40.7 Å². The van der Waals surface area contributed by atoms with Crippen LogP contribution in [-0.4, -0.2) is 29.8 Å². The summed E-state index contributed by atoms with van der Waals surface area (Å²) in [5, 5.41) is 6.51. The average molecular weight is 531 g/mol. The Morgan fingerprint density at radius 3 is 2.37 bits per heavy atom. The van der Waals surface area contributed by atoms with Crippen LogP contribution in [0.4, 0.5) is 11.4 Å². The molecule has 3 aromatic rings. The molecular formula is C30H31ClN4O3. The number of nitrogens with two attached hydrogens (primary N) is 1. The number of carbonyl (C=O) groups is 3. The lowest BCUT2D eigenvalue weighted by Crippen LogP contribution is -2.49. The van der Waals surface area contributed by atoms with Crippen molar-refractivity contribution in [3.8, 4) is 0 Å². The Bertz CT molecular complexity index is 1360. The number of hydrogen-bond donors (Lipinski definition) is 3. The highest BCUT2D eigenvalue weighted by Gasteiger charge is 2.35. The van der Waals surface area contributed by atoms with Crippen LogP contribution in [0.5, 0.6) is 0 Å². The molecule has 3 amide bonds. The van der Waals surface area contributed by atoms with E-state index < -0.39 is 6.04 Å². The molecule has 1 saturated carbocycles. The number of aryl methyl sites for hydroxylation is 1. The van der Waals surface area contributed by atoms with Gasteiger partial charge in [-0.1, -0.05) is 54.3 Å². The minimum atomic E-state index is -0.542. The first-order valence-electron chi connectivity index (χ1n) is 13.0. The minimum absolute atomic E-state index is 0.0650. The van der Waals surface area contributed by atoms with Crippen LogP contribution in [0.15, 0.2) is 66.7 Å². The van der Waals surface area contributed by atoms with Crippen LogP contribution in [0.1, 0.15) is 70.0 Å². The topological polar surface area (TPSA) is 105 Å². The Morgan fingerprint density at radius 1 is 0.974 bits per heavy atom. The molecule has 2 aliphatic rings. The van der Waals surface area contributed by atoms with Gasteiger partial charge in [0, 0.05) is 28.2 Å². The highest BCUT2D eigenvalue weighted by atomic mass is 35.5. The molecule has 3 unspecified atom stereocenters. The van der Waals surface area contributed by atoms with Crippen molar-refractivity contribution in [2.24, 2.45) is 5.73 Å². The van der Waals surface area contributed by atoms with Gasteiger partial charge >= 0.3 is 0 Å². The molecule has 0 aromatic heterocycles. The van der Waals surface area contributed by atoms with Crippen molar-refractivity contribution in [2.75, 3.05) is 10.2 Å². The van der Waals surface area contributed by atoms with Crippen molar-refractivity contribution in [1.29, 1.82) is 0 Å². The fourth-order valence-electron chi connectivity index (χ4n) is 5.25. The van der Waals surface area contributed by atoms with Crippen molar-refractivity contribution in [3.05, 3.63) is 94.0 Å². The van der Waals surface area contributed by atoms with Gasteiger partial charge in [-0.05, 0) is 67.8 Å². The van der Waals surface area contributed by atoms with Crippen LogP contribution in [0.25, 0.3) is 0 Å². The van der Waals surface area contributed by atoms with Crippen LogP contribution in [0.2, 0.25) is 5.02 Å². The van der Waals surface area contributed by atoms with Gasteiger partial charge in [0.05, 0.1) is 23.8 Å². The van der Waals surface area contributed by atoms with Gasteiger partial charge in [-0.15, -0.1) is 0 Å². The molecule has 0 bridgehead atoms. The van der Waals surface area contributed by atoms with E-state index in [1.165, 1.54) is 0 Å². The number of hydrogen-bond acceptors (Lipinski definition) is 4. The molecule has 1 heterocycles. The largest absolute Gasteiger partial charge is 0.348 e. The zero-order chi connectivity index (χ0) is 26.8. The lowest BCUT2D eigenvalue weighted by atomic mass is 9.91. The fraction of sp³-hybridized carbons (Fsp3) is 0.300. The first-order valence-corrected chi connectivity index (χ1v) is 13.3. The van der Waals surface area contributed by atoms with Gasteiger partial charge in [0.1, 0.15) is 0 Å². The van der Waals surface area contributed by atoms with Crippen LogP contribution in [-0.2, 0) is 4.79 Å². The lowest BCUT2D eigenvalue weighted by Gasteiger charge is -2.31. The molecule has 38 heavy (non-hydrogen) atoms. The minimum Gasteiger partial charge on any atom is -0.348 e. The van der Waals surface area contributed by atoms with E-state index in [-0.39, 0.29) is 36.2 Å². The van der Waals surface area contributed by atoms with Crippen LogP contribution >= 0.6 is 11.6 Å². The van der Waals surface area contributed by atoms with Gasteiger partial charge in [-0.2, -0.15) is 0 Å². The summed E-state index contributed by atoms with van der Waals surface area (Å²) < 4.78 is 0. The molecule has 3 aromatic carbocycles. The summed E-state index contributed by atoms with van der Waals surface area (Å²) in [7, 11) is 0. The maximum Gasteiger partial charge on any atom is 0.258 e. The fourth-order valence-corrected chi connectivity index (χ4v) is 5.38. The summed E-state index contributed by atoms with van der Waals surface area (Å²) in [4.78, 5) is 41.8. The number of amides is 3. The Morgan fingerprint density at radius 2 is 1.66 bits per heavy atom. The Balaban J connectivity index is 1.54. The van der Waals surface area contributed by atoms with Crippen LogP contribution in [0, 0.1) is 6.92 Å². The third-order valence-corrected chi connectivity index (χ3v) is 7.64. The second kappa shape index (κ2) is 11.0. The molecule has 1 fully saturated rings. The van der Waals surface area contributed by atoms with E-state index in [9.17, 15) is 14.4 Å².